The van der Waals surface area contributed by atoms with Gasteiger partial charge in [-0.3, -0.25) is 0 Å². The predicted octanol–water partition coefficient (Wildman–Crippen LogP) is 3.14. The molecule has 0 atom stereocenters. The van der Waals surface area contributed by atoms with E-state index in [2.05, 4.69) is 42.5 Å². The summed E-state index contributed by atoms with van der Waals surface area (Å²) >= 11 is 0. The second-order valence-corrected chi connectivity index (χ2v) is 7.65. The summed E-state index contributed by atoms with van der Waals surface area (Å²) < 4.78 is 5.39. The van der Waals surface area contributed by atoms with E-state index in [-0.39, 0.29) is 5.63 Å². The maximum atomic E-state index is 11.9. The van der Waals surface area contributed by atoms with E-state index in [1.165, 1.54) is 37.9 Å². The minimum absolute atomic E-state index is 0.239. The van der Waals surface area contributed by atoms with Crippen molar-refractivity contribution in [3.05, 3.63) is 81.7 Å². The maximum Gasteiger partial charge on any atom is 0.336 e. The molecule has 0 amide bonds. The molecule has 3 heteroatoms. The van der Waals surface area contributed by atoms with Crippen molar-refractivity contribution in [3.63, 3.8) is 0 Å². The second-order valence-electron chi connectivity index (χ2n) is 7.65. The van der Waals surface area contributed by atoms with Crippen molar-refractivity contribution in [2.24, 2.45) is 5.92 Å². The largest absolute Gasteiger partial charge is 0.423 e. The van der Waals surface area contributed by atoms with Crippen molar-refractivity contribution in [3.8, 4) is 0 Å². The van der Waals surface area contributed by atoms with Crippen molar-refractivity contribution in [1.82, 2.24) is 0 Å². The Morgan fingerprint density at radius 3 is 2.58 bits per heavy atom. The third kappa shape index (κ3) is 3.88. The molecule has 134 valence electrons. The smallest absolute Gasteiger partial charge is 0.336 e. The molecule has 2 aromatic carbocycles. The number of likely N-dealkylation sites (tertiary alicyclic amines) is 1. The van der Waals surface area contributed by atoms with Gasteiger partial charge in [-0.1, -0.05) is 42.5 Å². The molecule has 0 unspecified atom stereocenters. The topological polar surface area (TPSA) is 34.7 Å². The molecular formula is C23H26NO2+. The molecular weight excluding hydrogens is 322 g/mol. The Bertz CT molecular complexity index is 937. The van der Waals surface area contributed by atoms with Crippen molar-refractivity contribution < 1.29 is 9.32 Å². The van der Waals surface area contributed by atoms with Crippen molar-refractivity contribution in [1.29, 1.82) is 0 Å². The molecule has 0 saturated carbocycles. The average Bonchev–Trinajstić information content (AvgIpc) is 2.64. The van der Waals surface area contributed by atoms with Crippen LogP contribution in [0.1, 0.15) is 29.5 Å². The summed E-state index contributed by atoms with van der Waals surface area (Å²) in [5.74, 6) is 0.779. The molecule has 0 spiro atoms. The minimum Gasteiger partial charge on any atom is -0.423 e. The van der Waals surface area contributed by atoms with E-state index in [1.807, 2.05) is 13.0 Å². The molecule has 1 N–H and O–H groups in total. The van der Waals surface area contributed by atoms with Crippen molar-refractivity contribution in [2.75, 3.05) is 13.1 Å². The van der Waals surface area contributed by atoms with Gasteiger partial charge in [-0.05, 0) is 49.3 Å². The predicted molar refractivity (Wildman–Crippen MR) is 104 cm³/mol. The number of aryl methyl sites for hydroxylation is 1. The third-order valence-electron chi connectivity index (χ3n) is 5.61. The molecule has 26 heavy (non-hydrogen) atoms. The Kier molecular flexibility index (Phi) is 4.89. The molecule has 1 saturated heterocycles. The van der Waals surface area contributed by atoms with Crippen molar-refractivity contribution >= 4 is 11.0 Å². The highest BCUT2D eigenvalue weighted by atomic mass is 16.4. The Morgan fingerprint density at radius 1 is 1.04 bits per heavy atom. The first-order valence-electron chi connectivity index (χ1n) is 9.58. The van der Waals surface area contributed by atoms with Crippen LogP contribution in [0.2, 0.25) is 0 Å². The van der Waals surface area contributed by atoms with Gasteiger partial charge in [0.2, 0.25) is 0 Å². The lowest BCUT2D eigenvalue weighted by molar-refractivity contribution is -0.919. The number of piperidine rings is 1. The van der Waals surface area contributed by atoms with E-state index in [0.29, 0.717) is 5.58 Å². The highest BCUT2D eigenvalue weighted by Gasteiger charge is 2.23. The van der Waals surface area contributed by atoms with Crippen LogP contribution in [0, 0.1) is 12.8 Å². The van der Waals surface area contributed by atoms with Gasteiger partial charge >= 0.3 is 5.63 Å². The van der Waals surface area contributed by atoms with Gasteiger partial charge in [0, 0.05) is 17.0 Å². The first kappa shape index (κ1) is 17.0. The van der Waals surface area contributed by atoms with Crippen LogP contribution in [0.25, 0.3) is 11.0 Å². The highest BCUT2D eigenvalue weighted by Crippen LogP contribution is 2.19. The quantitative estimate of drug-likeness (QED) is 0.735. The van der Waals surface area contributed by atoms with Gasteiger partial charge in [0.1, 0.15) is 12.1 Å². The van der Waals surface area contributed by atoms with Gasteiger partial charge in [-0.2, -0.15) is 0 Å². The van der Waals surface area contributed by atoms with Gasteiger partial charge in [-0.25, -0.2) is 4.79 Å². The summed E-state index contributed by atoms with van der Waals surface area (Å²) in [5, 5.41) is 1.08. The molecule has 0 bridgehead atoms. The van der Waals surface area contributed by atoms with Gasteiger partial charge in [0.05, 0.1) is 13.1 Å². The Hall–Kier alpha value is -2.39. The summed E-state index contributed by atoms with van der Waals surface area (Å²) in [6.45, 7) is 5.27. The van der Waals surface area contributed by atoms with Crippen LogP contribution >= 0.6 is 0 Å². The Balaban J connectivity index is 1.43. The van der Waals surface area contributed by atoms with Crippen LogP contribution in [-0.2, 0) is 13.0 Å². The minimum atomic E-state index is -0.239. The molecule has 1 aliphatic rings. The molecule has 3 aromatic rings. The summed E-state index contributed by atoms with van der Waals surface area (Å²) in [5.41, 5.74) is 4.16. The highest BCUT2D eigenvalue weighted by molar-refractivity contribution is 5.80. The molecule has 0 aliphatic carbocycles. The van der Waals surface area contributed by atoms with Crippen LogP contribution in [0.5, 0.6) is 0 Å². The summed E-state index contributed by atoms with van der Waals surface area (Å²) in [6.07, 6.45) is 3.69. The molecule has 2 heterocycles. The van der Waals surface area contributed by atoms with E-state index in [1.54, 1.807) is 11.0 Å². The lowest BCUT2D eigenvalue weighted by atomic mass is 9.90. The van der Waals surface area contributed by atoms with Crippen LogP contribution in [0.15, 0.2) is 63.8 Å². The Labute approximate surface area is 154 Å². The van der Waals surface area contributed by atoms with E-state index in [0.717, 1.165) is 29.0 Å². The van der Waals surface area contributed by atoms with E-state index in [4.69, 9.17) is 4.42 Å². The average molecular weight is 348 g/mol. The normalized spacial score (nSPS) is 20.3. The first-order chi connectivity index (χ1) is 12.7. The van der Waals surface area contributed by atoms with Crippen LogP contribution in [0.4, 0.5) is 0 Å². The zero-order chi connectivity index (χ0) is 17.9. The number of rotatable bonds is 4. The van der Waals surface area contributed by atoms with Gasteiger partial charge in [0.25, 0.3) is 0 Å². The standard InChI is InChI=1S/C23H25NO2/c1-17-7-8-21-20(15-23(25)26-22(21)13-17)16-24-11-9-19(10-12-24)14-18-5-3-2-4-6-18/h2-8,13,15,19H,9-12,14,16H2,1H3/p+1. The zero-order valence-corrected chi connectivity index (χ0v) is 15.3. The fraction of sp³-hybridized carbons (Fsp3) is 0.348. The molecule has 1 fully saturated rings. The summed E-state index contributed by atoms with van der Waals surface area (Å²) in [7, 11) is 0. The fourth-order valence-electron chi connectivity index (χ4n) is 4.17. The van der Waals surface area contributed by atoms with Gasteiger partial charge in [-0.15, -0.1) is 0 Å². The van der Waals surface area contributed by atoms with Gasteiger partial charge in [0.15, 0.2) is 0 Å². The molecule has 1 aliphatic heterocycles. The zero-order valence-electron chi connectivity index (χ0n) is 15.3. The number of hydrogen-bond acceptors (Lipinski definition) is 2. The van der Waals surface area contributed by atoms with E-state index >= 15 is 0 Å². The number of fused-ring (bicyclic) bond motifs is 1. The number of benzene rings is 2. The number of nitrogens with one attached hydrogen (secondary N) is 1. The lowest BCUT2D eigenvalue weighted by Crippen LogP contribution is -3.11. The number of hydrogen-bond donors (Lipinski definition) is 1. The second kappa shape index (κ2) is 7.46. The third-order valence-corrected chi connectivity index (χ3v) is 5.61. The molecule has 1 aromatic heterocycles. The molecule has 3 nitrogen and oxygen atoms in total. The fourth-order valence-corrected chi connectivity index (χ4v) is 4.17. The van der Waals surface area contributed by atoms with Gasteiger partial charge < -0.3 is 9.32 Å². The first-order valence-corrected chi connectivity index (χ1v) is 9.58. The van der Waals surface area contributed by atoms with Crippen LogP contribution in [-0.4, -0.2) is 13.1 Å². The summed E-state index contributed by atoms with van der Waals surface area (Å²) in [6, 6.07) is 18.6. The summed E-state index contributed by atoms with van der Waals surface area (Å²) in [4.78, 5) is 13.5. The Morgan fingerprint density at radius 2 is 1.81 bits per heavy atom. The maximum absolute atomic E-state index is 11.9. The molecule has 4 rings (SSSR count). The van der Waals surface area contributed by atoms with E-state index < -0.39 is 0 Å². The van der Waals surface area contributed by atoms with Crippen LogP contribution in [0.3, 0.4) is 0 Å². The SMILES string of the molecule is Cc1ccc2c(C[NH+]3CCC(Cc4ccccc4)CC3)cc(=O)oc2c1. The van der Waals surface area contributed by atoms with Crippen molar-refractivity contribution in [2.45, 2.75) is 32.7 Å². The van der Waals surface area contributed by atoms with Crippen LogP contribution < -0.4 is 10.5 Å². The lowest BCUT2D eigenvalue weighted by Gasteiger charge is -2.29. The monoisotopic (exact) mass is 348 g/mol. The molecule has 0 radical (unpaired) electrons. The number of quaternary nitrogens is 1. The van der Waals surface area contributed by atoms with E-state index in [9.17, 15) is 4.79 Å².